The molecular formula is C26H31N3O3S. The van der Waals surface area contributed by atoms with Crippen LogP contribution in [0, 0.1) is 0 Å². The van der Waals surface area contributed by atoms with Crippen molar-refractivity contribution >= 4 is 33.9 Å². The lowest BCUT2D eigenvalue weighted by atomic mass is 9.91. The summed E-state index contributed by atoms with van der Waals surface area (Å²) in [6.45, 7) is 0.112. The molecule has 0 spiro atoms. The third-order valence-corrected chi connectivity index (χ3v) is 8.26. The number of nitrogens with one attached hydrogen (secondary N) is 1. The highest BCUT2D eigenvalue weighted by Crippen LogP contribution is 2.42. The van der Waals surface area contributed by atoms with Crippen LogP contribution in [-0.2, 0) is 22.4 Å². The summed E-state index contributed by atoms with van der Waals surface area (Å²) in [4.78, 5) is 34.0. The number of fused-ring (bicyclic) bond motifs is 3. The van der Waals surface area contributed by atoms with Crippen molar-refractivity contribution < 1.29 is 14.3 Å². The van der Waals surface area contributed by atoms with E-state index < -0.39 is 0 Å². The molecule has 3 aliphatic rings. The van der Waals surface area contributed by atoms with Crippen molar-refractivity contribution in [2.24, 2.45) is 4.99 Å². The number of hydrogen-bond acceptors (Lipinski definition) is 5. The Morgan fingerprint density at radius 1 is 1.12 bits per heavy atom. The fourth-order valence-corrected chi connectivity index (χ4v) is 6.62. The van der Waals surface area contributed by atoms with Crippen LogP contribution < -0.4 is 15.0 Å². The first-order valence-electron chi connectivity index (χ1n) is 12.1. The SMILES string of the molecule is COc1ccc(C2=NCC(=O)N(CC(=O)NC3CCCCC3)c3sc4c(c32)CCCC4)cc1. The van der Waals surface area contributed by atoms with Gasteiger partial charge < -0.3 is 10.1 Å². The molecule has 0 atom stereocenters. The number of carbonyl (C=O) groups excluding carboxylic acids is 2. The number of nitrogens with zero attached hydrogens (tertiary/aromatic N) is 2. The van der Waals surface area contributed by atoms with E-state index in [1.165, 1.54) is 16.9 Å². The maximum atomic E-state index is 13.2. The van der Waals surface area contributed by atoms with Gasteiger partial charge in [-0.15, -0.1) is 11.3 Å². The van der Waals surface area contributed by atoms with Gasteiger partial charge in [0.1, 0.15) is 23.8 Å². The van der Waals surface area contributed by atoms with Crippen LogP contribution >= 0.6 is 11.3 Å². The van der Waals surface area contributed by atoms with Gasteiger partial charge in [-0.1, -0.05) is 19.3 Å². The van der Waals surface area contributed by atoms with Gasteiger partial charge in [0.05, 0.1) is 12.8 Å². The van der Waals surface area contributed by atoms with Gasteiger partial charge in [0.25, 0.3) is 0 Å². The zero-order chi connectivity index (χ0) is 22.8. The van der Waals surface area contributed by atoms with Gasteiger partial charge >= 0.3 is 0 Å². The summed E-state index contributed by atoms with van der Waals surface area (Å²) in [5.74, 6) is 0.607. The summed E-state index contributed by atoms with van der Waals surface area (Å²) in [6, 6.07) is 8.10. The monoisotopic (exact) mass is 465 g/mol. The Labute approximate surface area is 199 Å². The Morgan fingerprint density at radius 3 is 2.64 bits per heavy atom. The summed E-state index contributed by atoms with van der Waals surface area (Å²) in [5.41, 5.74) is 4.19. The number of amides is 2. The normalized spacial score (nSPS) is 18.8. The molecule has 2 aliphatic carbocycles. The molecular weight excluding hydrogens is 434 g/mol. The smallest absolute Gasteiger partial charge is 0.249 e. The van der Waals surface area contributed by atoms with E-state index in [9.17, 15) is 9.59 Å². The van der Waals surface area contributed by atoms with Gasteiger partial charge in [0, 0.05) is 22.0 Å². The summed E-state index contributed by atoms with van der Waals surface area (Å²) >= 11 is 1.68. The number of benzene rings is 1. The van der Waals surface area contributed by atoms with Crippen molar-refractivity contribution in [1.29, 1.82) is 0 Å². The maximum absolute atomic E-state index is 13.2. The number of aryl methyl sites for hydroxylation is 1. The molecule has 0 radical (unpaired) electrons. The largest absolute Gasteiger partial charge is 0.497 e. The Kier molecular flexibility index (Phi) is 6.49. The molecule has 2 amide bonds. The number of thiophene rings is 1. The first kappa shape index (κ1) is 22.1. The van der Waals surface area contributed by atoms with E-state index in [0.29, 0.717) is 0 Å². The molecule has 6 nitrogen and oxygen atoms in total. The van der Waals surface area contributed by atoms with Crippen LogP contribution in [0.2, 0.25) is 0 Å². The molecule has 1 aromatic carbocycles. The first-order valence-corrected chi connectivity index (χ1v) is 12.9. The number of hydrogen-bond donors (Lipinski definition) is 1. The van der Waals surface area contributed by atoms with E-state index in [1.54, 1.807) is 23.3 Å². The number of aliphatic imine (C=N–C) groups is 1. The van der Waals surface area contributed by atoms with E-state index in [1.807, 2.05) is 24.3 Å². The van der Waals surface area contributed by atoms with Crippen LogP contribution in [-0.4, -0.2) is 43.8 Å². The number of carbonyl (C=O) groups is 2. The fourth-order valence-electron chi connectivity index (χ4n) is 5.22. The van der Waals surface area contributed by atoms with E-state index in [0.717, 1.165) is 79.0 Å². The Hall–Kier alpha value is -2.67. The second kappa shape index (κ2) is 9.67. The lowest BCUT2D eigenvalue weighted by Gasteiger charge is -2.25. The Balaban J connectivity index is 1.49. The number of rotatable bonds is 5. The van der Waals surface area contributed by atoms with Crippen molar-refractivity contribution in [3.8, 4) is 5.75 Å². The number of anilines is 1. The minimum Gasteiger partial charge on any atom is -0.497 e. The van der Waals surface area contributed by atoms with Gasteiger partial charge in [0.2, 0.25) is 11.8 Å². The van der Waals surface area contributed by atoms with Gasteiger partial charge in [-0.25, -0.2) is 0 Å². The van der Waals surface area contributed by atoms with Crippen LogP contribution in [0.4, 0.5) is 5.00 Å². The summed E-state index contributed by atoms with van der Waals surface area (Å²) in [7, 11) is 1.65. The van der Waals surface area contributed by atoms with Gasteiger partial charge in [-0.05, 0) is 68.4 Å². The molecule has 1 N–H and O–H groups in total. The average Bonchev–Trinajstić information content (AvgIpc) is 3.16. The topological polar surface area (TPSA) is 71.0 Å². The van der Waals surface area contributed by atoms with Crippen molar-refractivity contribution in [2.45, 2.75) is 63.8 Å². The molecule has 33 heavy (non-hydrogen) atoms. The number of ether oxygens (including phenoxy) is 1. The highest BCUT2D eigenvalue weighted by Gasteiger charge is 2.33. The standard InChI is InChI=1S/C26H31N3O3S/c1-32-19-13-11-17(12-14-19)25-24-20-9-5-6-10-21(20)33-26(24)29(23(31)15-27-25)16-22(30)28-18-7-3-2-4-8-18/h11-14,18H,2-10,15-16H2,1H3,(H,28,30). The first-order chi connectivity index (χ1) is 16.1. The van der Waals surface area contributed by atoms with Crippen molar-refractivity contribution in [3.05, 3.63) is 45.8 Å². The highest BCUT2D eigenvalue weighted by atomic mass is 32.1. The van der Waals surface area contributed by atoms with E-state index >= 15 is 0 Å². The van der Waals surface area contributed by atoms with Crippen molar-refractivity contribution in [3.63, 3.8) is 0 Å². The van der Waals surface area contributed by atoms with Crippen LogP contribution in [0.25, 0.3) is 0 Å². The third-order valence-electron chi connectivity index (χ3n) is 6.94. The van der Waals surface area contributed by atoms with Gasteiger partial charge in [-0.2, -0.15) is 0 Å². The third kappa shape index (κ3) is 4.56. The molecule has 174 valence electrons. The fraction of sp³-hybridized carbons (Fsp3) is 0.500. The van der Waals surface area contributed by atoms with Crippen LogP contribution in [0.5, 0.6) is 5.75 Å². The van der Waals surface area contributed by atoms with Crippen LogP contribution in [0.15, 0.2) is 29.3 Å². The van der Waals surface area contributed by atoms with Gasteiger partial charge in [0.15, 0.2) is 0 Å². The molecule has 7 heteroatoms. The predicted molar refractivity (Wildman–Crippen MR) is 132 cm³/mol. The number of methoxy groups -OCH3 is 1. The van der Waals surface area contributed by atoms with E-state index in [4.69, 9.17) is 9.73 Å². The molecule has 0 saturated heterocycles. The van der Waals surface area contributed by atoms with Crippen LogP contribution in [0.1, 0.15) is 66.5 Å². The molecule has 2 heterocycles. The highest BCUT2D eigenvalue weighted by molar-refractivity contribution is 7.17. The molecule has 0 unspecified atom stereocenters. The van der Waals surface area contributed by atoms with Crippen molar-refractivity contribution in [1.82, 2.24) is 5.32 Å². The lowest BCUT2D eigenvalue weighted by Crippen LogP contribution is -2.45. The quantitative estimate of drug-likeness (QED) is 0.717. The molecule has 2 aromatic rings. The second-order valence-electron chi connectivity index (χ2n) is 9.17. The molecule has 1 aliphatic heterocycles. The molecule has 1 fully saturated rings. The van der Waals surface area contributed by atoms with Gasteiger partial charge in [-0.3, -0.25) is 19.5 Å². The van der Waals surface area contributed by atoms with E-state index in [2.05, 4.69) is 5.32 Å². The van der Waals surface area contributed by atoms with Crippen molar-refractivity contribution in [2.75, 3.05) is 25.1 Å². The summed E-state index contributed by atoms with van der Waals surface area (Å²) < 4.78 is 5.32. The zero-order valence-corrected chi connectivity index (χ0v) is 20.0. The average molecular weight is 466 g/mol. The summed E-state index contributed by atoms with van der Waals surface area (Å²) in [6.07, 6.45) is 9.95. The minimum atomic E-state index is -0.114. The lowest BCUT2D eigenvalue weighted by molar-refractivity contribution is -0.123. The predicted octanol–water partition coefficient (Wildman–Crippen LogP) is 4.27. The summed E-state index contributed by atoms with van der Waals surface area (Å²) in [5, 5.41) is 4.06. The zero-order valence-electron chi connectivity index (χ0n) is 19.2. The second-order valence-corrected chi connectivity index (χ2v) is 10.3. The van der Waals surface area contributed by atoms with E-state index in [-0.39, 0.29) is 30.9 Å². The Bertz CT molecular complexity index is 1070. The molecule has 0 bridgehead atoms. The van der Waals surface area contributed by atoms with Crippen LogP contribution in [0.3, 0.4) is 0 Å². The Morgan fingerprint density at radius 2 is 1.88 bits per heavy atom. The molecule has 5 rings (SSSR count). The minimum absolute atomic E-state index is 0.0498. The maximum Gasteiger partial charge on any atom is 0.249 e. The molecule has 1 saturated carbocycles. The molecule has 1 aromatic heterocycles.